The van der Waals surface area contributed by atoms with E-state index >= 15 is 0 Å². The Balaban J connectivity index is 2.91. The Kier molecular flexibility index (Phi) is 3.29. The fraction of sp³-hybridized carbons (Fsp3) is 0.286. The molecule has 19 heavy (non-hydrogen) atoms. The van der Waals surface area contributed by atoms with Crippen LogP contribution in [0.25, 0.3) is 11.3 Å². The standard InChI is InChI=1S/C14H15NO4/c1-4-9-12(14(17)18)13(16)11(8(2)15(9)3)10-6-5-7-19-10/h5-7H,4H2,1-3H3,(H,17,18). The molecule has 0 saturated carbocycles. The number of nitrogens with zero attached hydrogens (tertiary/aromatic N) is 1. The van der Waals surface area contributed by atoms with E-state index in [-0.39, 0.29) is 5.56 Å². The lowest BCUT2D eigenvalue weighted by atomic mass is 10.0. The molecule has 2 aromatic rings. The molecule has 2 rings (SSSR count). The first kappa shape index (κ1) is 13.1. The van der Waals surface area contributed by atoms with Crippen molar-refractivity contribution < 1.29 is 14.3 Å². The maximum absolute atomic E-state index is 12.4. The van der Waals surface area contributed by atoms with Crippen molar-refractivity contribution in [1.29, 1.82) is 0 Å². The van der Waals surface area contributed by atoms with Gasteiger partial charge in [0.15, 0.2) is 0 Å². The number of hydrogen-bond donors (Lipinski definition) is 1. The van der Waals surface area contributed by atoms with Gasteiger partial charge in [0.05, 0.1) is 11.8 Å². The largest absolute Gasteiger partial charge is 0.477 e. The third-order valence-electron chi connectivity index (χ3n) is 3.33. The van der Waals surface area contributed by atoms with E-state index in [1.165, 1.54) is 6.26 Å². The van der Waals surface area contributed by atoms with E-state index in [1.54, 1.807) is 30.7 Å². The predicted molar refractivity (Wildman–Crippen MR) is 70.5 cm³/mol. The van der Waals surface area contributed by atoms with E-state index in [9.17, 15) is 14.7 Å². The molecule has 0 amide bonds. The minimum atomic E-state index is -1.20. The molecule has 2 heterocycles. The molecule has 0 saturated heterocycles. The summed E-state index contributed by atoms with van der Waals surface area (Å²) in [6.45, 7) is 3.61. The summed E-state index contributed by atoms with van der Waals surface area (Å²) in [5.41, 5.74) is 0.853. The molecular formula is C14H15NO4. The normalized spacial score (nSPS) is 10.7. The van der Waals surface area contributed by atoms with Crippen LogP contribution in [-0.2, 0) is 13.5 Å². The topological polar surface area (TPSA) is 72.4 Å². The third-order valence-corrected chi connectivity index (χ3v) is 3.33. The average Bonchev–Trinajstić information content (AvgIpc) is 2.86. The van der Waals surface area contributed by atoms with Crippen LogP contribution >= 0.6 is 0 Å². The van der Waals surface area contributed by atoms with Crippen molar-refractivity contribution in [3.8, 4) is 11.3 Å². The van der Waals surface area contributed by atoms with Crippen molar-refractivity contribution in [2.75, 3.05) is 0 Å². The van der Waals surface area contributed by atoms with Gasteiger partial charge in [-0.2, -0.15) is 0 Å². The maximum atomic E-state index is 12.4. The van der Waals surface area contributed by atoms with Gasteiger partial charge < -0.3 is 14.1 Å². The minimum absolute atomic E-state index is 0.179. The number of aromatic nitrogens is 1. The second-order valence-corrected chi connectivity index (χ2v) is 4.31. The van der Waals surface area contributed by atoms with Crippen LogP contribution in [0.4, 0.5) is 0 Å². The molecule has 0 bridgehead atoms. The van der Waals surface area contributed by atoms with Gasteiger partial charge in [-0.3, -0.25) is 4.79 Å². The molecule has 2 aromatic heterocycles. The summed E-state index contributed by atoms with van der Waals surface area (Å²) in [6.07, 6.45) is 1.94. The number of rotatable bonds is 3. The van der Waals surface area contributed by atoms with Gasteiger partial charge >= 0.3 is 5.97 Å². The number of carboxylic acid groups (broad SMARTS) is 1. The third kappa shape index (κ3) is 1.97. The number of carbonyl (C=O) groups is 1. The van der Waals surface area contributed by atoms with Crippen LogP contribution in [-0.4, -0.2) is 15.6 Å². The molecule has 0 spiro atoms. The highest BCUT2D eigenvalue weighted by Crippen LogP contribution is 2.22. The highest BCUT2D eigenvalue weighted by molar-refractivity contribution is 5.90. The summed E-state index contributed by atoms with van der Waals surface area (Å²) in [7, 11) is 1.76. The van der Waals surface area contributed by atoms with Gasteiger partial charge in [-0.15, -0.1) is 0 Å². The van der Waals surface area contributed by atoms with Crippen LogP contribution in [0.2, 0.25) is 0 Å². The Bertz CT molecular complexity index is 680. The Morgan fingerprint density at radius 1 is 1.47 bits per heavy atom. The summed E-state index contributed by atoms with van der Waals surface area (Å²) >= 11 is 0. The zero-order valence-corrected chi connectivity index (χ0v) is 11.1. The smallest absolute Gasteiger partial charge is 0.341 e. The number of carboxylic acids is 1. The molecule has 5 heteroatoms. The molecule has 100 valence electrons. The van der Waals surface area contributed by atoms with Crippen molar-refractivity contribution in [1.82, 2.24) is 4.57 Å². The van der Waals surface area contributed by atoms with Gasteiger partial charge in [0, 0.05) is 18.4 Å². The minimum Gasteiger partial charge on any atom is -0.477 e. The van der Waals surface area contributed by atoms with Crippen LogP contribution < -0.4 is 5.43 Å². The van der Waals surface area contributed by atoms with Gasteiger partial charge in [0.1, 0.15) is 11.3 Å². The molecule has 1 N–H and O–H groups in total. The fourth-order valence-corrected chi connectivity index (χ4v) is 2.30. The molecule has 5 nitrogen and oxygen atoms in total. The number of furan rings is 1. The molecule has 0 fully saturated rings. The van der Waals surface area contributed by atoms with E-state index < -0.39 is 11.4 Å². The monoisotopic (exact) mass is 261 g/mol. The van der Waals surface area contributed by atoms with Gasteiger partial charge in [-0.05, 0) is 25.5 Å². The van der Waals surface area contributed by atoms with Crippen molar-refractivity contribution in [3.05, 3.63) is 45.6 Å². The number of aromatic carboxylic acids is 1. The van der Waals surface area contributed by atoms with Gasteiger partial charge in [0.25, 0.3) is 0 Å². The van der Waals surface area contributed by atoms with Crippen LogP contribution in [0, 0.1) is 6.92 Å². The molecular weight excluding hydrogens is 246 g/mol. The SMILES string of the molecule is CCc1c(C(=O)O)c(=O)c(-c2ccco2)c(C)n1C. The molecule has 0 radical (unpaired) electrons. The molecule has 0 aliphatic rings. The Morgan fingerprint density at radius 3 is 2.63 bits per heavy atom. The maximum Gasteiger partial charge on any atom is 0.341 e. The van der Waals surface area contributed by atoms with Gasteiger partial charge in [0.2, 0.25) is 5.43 Å². The van der Waals surface area contributed by atoms with E-state index in [0.717, 1.165) is 0 Å². The zero-order chi connectivity index (χ0) is 14.2. The first-order chi connectivity index (χ1) is 8.99. The second kappa shape index (κ2) is 4.76. The molecule has 0 atom stereocenters. The second-order valence-electron chi connectivity index (χ2n) is 4.31. The average molecular weight is 261 g/mol. The first-order valence-corrected chi connectivity index (χ1v) is 5.98. The van der Waals surface area contributed by atoms with Gasteiger partial charge in [-0.1, -0.05) is 6.92 Å². The van der Waals surface area contributed by atoms with Crippen molar-refractivity contribution in [3.63, 3.8) is 0 Å². The molecule has 0 aliphatic heterocycles. The van der Waals surface area contributed by atoms with Gasteiger partial charge in [-0.25, -0.2) is 4.79 Å². The van der Waals surface area contributed by atoms with E-state index in [1.807, 2.05) is 6.92 Å². The fourth-order valence-electron chi connectivity index (χ4n) is 2.30. The number of hydrogen-bond acceptors (Lipinski definition) is 3. The zero-order valence-electron chi connectivity index (χ0n) is 11.1. The first-order valence-electron chi connectivity index (χ1n) is 5.98. The quantitative estimate of drug-likeness (QED) is 0.919. The Morgan fingerprint density at radius 2 is 2.16 bits per heavy atom. The van der Waals surface area contributed by atoms with E-state index in [4.69, 9.17) is 4.42 Å². The lowest BCUT2D eigenvalue weighted by molar-refractivity contribution is 0.0693. The summed E-state index contributed by atoms with van der Waals surface area (Å²) in [6, 6.07) is 3.32. The van der Waals surface area contributed by atoms with Crippen molar-refractivity contribution in [2.24, 2.45) is 7.05 Å². The van der Waals surface area contributed by atoms with Crippen molar-refractivity contribution >= 4 is 5.97 Å². The van der Waals surface area contributed by atoms with E-state index in [0.29, 0.717) is 29.1 Å². The van der Waals surface area contributed by atoms with Crippen LogP contribution in [0.5, 0.6) is 0 Å². The lowest BCUT2D eigenvalue weighted by Gasteiger charge is -2.16. The summed E-state index contributed by atoms with van der Waals surface area (Å²) in [4.78, 5) is 23.8. The predicted octanol–water partition coefficient (Wildman–Crippen LogP) is 2.21. The summed E-state index contributed by atoms with van der Waals surface area (Å²) in [5.74, 6) is -0.812. The number of pyridine rings is 1. The summed E-state index contributed by atoms with van der Waals surface area (Å²) in [5, 5.41) is 9.27. The lowest BCUT2D eigenvalue weighted by Crippen LogP contribution is -2.25. The molecule has 0 unspecified atom stereocenters. The van der Waals surface area contributed by atoms with E-state index in [2.05, 4.69) is 0 Å². The highest BCUT2D eigenvalue weighted by Gasteiger charge is 2.23. The highest BCUT2D eigenvalue weighted by atomic mass is 16.4. The molecule has 0 aliphatic carbocycles. The van der Waals surface area contributed by atoms with Crippen LogP contribution in [0.3, 0.4) is 0 Å². The Hall–Kier alpha value is -2.30. The van der Waals surface area contributed by atoms with Crippen molar-refractivity contribution in [2.45, 2.75) is 20.3 Å². The Labute approximate surface area is 110 Å². The van der Waals surface area contributed by atoms with Crippen LogP contribution in [0.1, 0.15) is 28.7 Å². The van der Waals surface area contributed by atoms with Crippen LogP contribution in [0.15, 0.2) is 27.6 Å². The summed E-state index contributed by atoms with van der Waals surface area (Å²) < 4.78 is 6.98. The molecule has 0 aromatic carbocycles.